The molecule has 1 heterocycles. The van der Waals surface area contributed by atoms with Crippen LogP contribution in [-0.2, 0) is 0 Å². The molecule has 0 spiro atoms. The van der Waals surface area contributed by atoms with Crippen molar-refractivity contribution in [2.45, 2.75) is 20.8 Å². The Morgan fingerprint density at radius 2 is 2.06 bits per heavy atom. The predicted molar refractivity (Wildman–Crippen MR) is 66.2 cm³/mol. The van der Waals surface area contributed by atoms with Crippen LogP contribution in [0.4, 0.5) is 0 Å². The summed E-state index contributed by atoms with van der Waals surface area (Å²) in [4.78, 5) is 17.9. The minimum atomic E-state index is 0.0452. The molecular weight excluding hydrogens is 200 g/mol. The van der Waals surface area contributed by atoms with Crippen LogP contribution < -0.4 is 0 Å². The van der Waals surface area contributed by atoms with Gasteiger partial charge in [0, 0.05) is 25.5 Å². The second-order valence-electron chi connectivity index (χ2n) is 3.48. The molecule has 0 saturated carbocycles. The summed E-state index contributed by atoms with van der Waals surface area (Å²) in [6.07, 6.45) is 7.24. The average molecular weight is 218 g/mol. The fourth-order valence-corrected chi connectivity index (χ4v) is 1.55. The second kappa shape index (κ2) is 6.05. The van der Waals surface area contributed by atoms with Gasteiger partial charge in [-0.1, -0.05) is 12.2 Å². The highest BCUT2D eigenvalue weighted by atomic mass is 16.2. The van der Waals surface area contributed by atoms with Crippen LogP contribution in [0.15, 0.2) is 24.5 Å². The van der Waals surface area contributed by atoms with E-state index in [4.69, 9.17) is 0 Å². The number of hydrogen-bond acceptors (Lipinski definition) is 2. The molecule has 3 nitrogen and oxygen atoms in total. The maximum absolute atomic E-state index is 12.0. The van der Waals surface area contributed by atoms with E-state index in [1.165, 1.54) is 0 Å². The van der Waals surface area contributed by atoms with E-state index in [1.807, 2.05) is 39.0 Å². The molecule has 0 aliphatic heterocycles. The van der Waals surface area contributed by atoms with Crippen molar-refractivity contribution in [2.24, 2.45) is 0 Å². The van der Waals surface area contributed by atoms with Crippen molar-refractivity contribution in [3.8, 4) is 0 Å². The summed E-state index contributed by atoms with van der Waals surface area (Å²) in [5.74, 6) is 0.0452. The summed E-state index contributed by atoms with van der Waals surface area (Å²) in [5, 5.41) is 0. The molecule has 0 aromatic carbocycles. The van der Waals surface area contributed by atoms with Gasteiger partial charge in [-0.25, -0.2) is 0 Å². The number of carbonyl (C=O) groups is 1. The molecule has 0 aliphatic rings. The third-order valence-corrected chi connectivity index (χ3v) is 2.42. The molecule has 86 valence electrons. The molecule has 0 fully saturated rings. The Morgan fingerprint density at radius 3 is 2.62 bits per heavy atom. The van der Waals surface area contributed by atoms with E-state index in [0.29, 0.717) is 5.56 Å². The van der Waals surface area contributed by atoms with Crippen LogP contribution >= 0.6 is 0 Å². The zero-order chi connectivity index (χ0) is 12.0. The van der Waals surface area contributed by atoms with E-state index < -0.39 is 0 Å². The van der Waals surface area contributed by atoms with Crippen molar-refractivity contribution < 1.29 is 4.79 Å². The molecule has 0 unspecified atom stereocenters. The quantitative estimate of drug-likeness (QED) is 0.778. The van der Waals surface area contributed by atoms with Crippen LogP contribution in [0.25, 0.3) is 6.08 Å². The van der Waals surface area contributed by atoms with E-state index in [9.17, 15) is 4.79 Å². The van der Waals surface area contributed by atoms with Crippen molar-refractivity contribution in [3.63, 3.8) is 0 Å². The molecule has 1 aromatic rings. The minimum absolute atomic E-state index is 0.0452. The fraction of sp³-hybridized carbons (Fsp3) is 0.385. The van der Waals surface area contributed by atoms with Crippen molar-refractivity contribution in [1.82, 2.24) is 9.88 Å². The lowest BCUT2D eigenvalue weighted by Crippen LogP contribution is -2.30. The fourth-order valence-electron chi connectivity index (χ4n) is 1.55. The maximum atomic E-state index is 12.0. The smallest absolute Gasteiger partial charge is 0.255 e. The first-order chi connectivity index (χ1) is 7.72. The molecule has 3 heteroatoms. The van der Waals surface area contributed by atoms with Crippen LogP contribution in [0.3, 0.4) is 0 Å². The Kier molecular flexibility index (Phi) is 4.70. The average Bonchev–Trinajstić information content (AvgIpc) is 2.31. The van der Waals surface area contributed by atoms with E-state index >= 15 is 0 Å². The van der Waals surface area contributed by atoms with Crippen LogP contribution in [0.5, 0.6) is 0 Å². The topological polar surface area (TPSA) is 33.2 Å². The van der Waals surface area contributed by atoms with Gasteiger partial charge in [0.2, 0.25) is 0 Å². The van der Waals surface area contributed by atoms with Gasteiger partial charge in [-0.3, -0.25) is 9.78 Å². The Balaban J connectivity index is 2.95. The van der Waals surface area contributed by atoms with E-state index in [0.717, 1.165) is 18.7 Å². The number of aromatic nitrogens is 1. The van der Waals surface area contributed by atoms with Gasteiger partial charge < -0.3 is 4.90 Å². The van der Waals surface area contributed by atoms with Gasteiger partial charge in [-0.2, -0.15) is 0 Å². The summed E-state index contributed by atoms with van der Waals surface area (Å²) in [7, 11) is 0. The lowest BCUT2D eigenvalue weighted by molar-refractivity contribution is 0.0772. The molecule has 0 aliphatic carbocycles. The molecule has 0 atom stereocenters. The summed E-state index contributed by atoms with van der Waals surface area (Å²) in [6.45, 7) is 7.35. The molecular formula is C13H18N2O. The normalized spacial score (nSPS) is 10.7. The Labute approximate surface area is 96.8 Å². The molecule has 0 N–H and O–H groups in total. The number of hydrogen-bond donors (Lipinski definition) is 0. The van der Waals surface area contributed by atoms with Crippen LogP contribution in [-0.4, -0.2) is 28.9 Å². The SMILES string of the molecule is C/C=C/c1cncc(C(=O)N(CC)CC)c1. The Morgan fingerprint density at radius 1 is 1.38 bits per heavy atom. The highest BCUT2D eigenvalue weighted by Gasteiger charge is 2.12. The summed E-state index contributed by atoms with van der Waals surface area (Å²) >= 11 is 0. The van der Waals surface area contributed by atoms with Gasteiger partial charge in [-0.15, -0.1) is 0 Å². The van der Waals surface area contributed by atoms with Gasteiger partial charge in [0.05, 0.1) is 5.56 Å². The van der Waals surface area contributed by atoms with Crippen molar-refractivity contribution in [3.05, 3.63) is 35.7 Å². The van der Waals surface area contributed by atoms with Crippen molar-refractivity contribution in [1.29, 1.82) is 0 Å². The lowest BCUT2D eigenvalue weighted by Gasteiger charge is -2.18. The van der Waals surface area contributed by atoms with Gasteiger partial charge in [-0.05, 0) is 32.4 Å². The number of nitrogens with zero attached hydrogens (tertiary/aromatic N) is 2. The third-order valence-electron chi connectivity index (χ3n) is 2.42. The first-order valence-electron chi connectivity index (χ1n) is 5.59. The van der Waals surface area contributed by atoms with E-state index in [1.54, 1.807) is 17.3 Å². The monoisotopic (exact) mass is 218 g/mol. The summed E-state index contributed by atoms with van der Waals surface area (Å²) in [5.41, 5.74) is 1.61. The summed E-state index contributed by atoms with van der Waals surface area (Å²) in [6, 6.07) is 1.87. The highest BCUT2D eigenvalue weighted by Crippen LogP contribution is 2.08. The van der Waals surface area contributed by atoms with Crippen molar-refractivity contribution >= 4 is 12.0 Å². The largest absolute Gasteiger partial charge is 0.339 e. The Bertz CT molecular complexity index is 381. The van der Waals surface area contributed by atoms with Crippen LogP contribution in [0, 0.1) is 0 Å². The minimum Gasteiger partial charge on any atom is -0.339 e. The molecule has 1 rings (SSSR count). The van der Waals surface area contributed by atoms with Crippen LogP contribution in [0.2, 0.25) is 0 Å². The number of rotatable bonds is 4. The molecule has 0 radical (unpaired) electrons. The van der Waals surface area contributed by atoms with Gasteiger partial charge >= 0.3 is 0 Å². The first-order valence-corrected chi connectivity index (χ1v) is 5.59. The number of allylic oxidation sites excluding steroid dienone is 1. The standard InChI is InChI=1S/C13H18N2O/c1-4-7-11-8-12(10-14-9-11)13(16)15(5-2)6-3/h4,7-10H,5-6H2,1-3H3/b7-4+. The third kappa shape index (κ3) is 2.92. The van der Waals surface area contributed by atoms with Crippen molar-refractivity contribution in [2.75, 3.05) is 13.1 Å². The van der Waals surface area contributed by atoms with Crippen LogP contribution in [0.1, 0.15) is 36.7 Å². The number of carbonyl (C=O) groups excluding carboxylic acids is 1. The molecule has 1 amide bonds. The van der Waals surface area contributed by atoms with E-state index in [2.05, 4.69) is 4.98 Å². The Hall–Kier alpha value is -1.64. The highest BCUT2D eigenvalue weighted by molar-refractivity contribution is 5.94. The number of pyridine rings is 1. The lowest BCUT2D eigenvalue weighted by atomic mass is 10.1. The molecule has 1 aromatic heterocycles. The maximum Gasteiger partial charge on any atom is 0.255 e. The van der Waals surface area contributed by atoms with E-state index in [-0.39, 0.29) is 5.91 Å². The molecule has 0 saturated heterocycles. The predicted octanol–water partition coefficient (Wildman–Crippen LogP) is 2.60. The van der Waals surface area contributed by atoms with Gasteiger partial charge in [0.15, 0.2) is 0 Å². The first kappa shape index (κ1) is 12.4. The van der Waals surface area contributed by atoms with Gasteiger partial charge in [0.1, 0.15) is 0 Å². The summed E-state index contributed by atoms with van der Waals surface area (Å²) < 4.78 is 0. The zero-order valence-corrected chi connectivity index (χ0v) is 10.1. The molecule has 16 heavy (non-hydrogen) atoms. The van der Waals surface area contributed by atoms with Gasteiger partial charge in [0.25, 0.3) is 5.91 Å². The molecule has 0 bridgehead atoms. The second-order valence-corrected chi connectivity index (χ2v) is 3.48. The number of amides is 1. The zero-order valence-electron chi connectivity index (χ0n) is 10.1.